The van der Waals surface area contributed by atoms with Crippen LogP contribution in [0.1, 0.15) is 49.8 Å². The van der Waals surface area contributed by atoms with Gasteiger partial charge in [-0.2, -0.15) is 0 Å². The molecule has 2 amide bonds. The minimum absolute atomic E-state index is 0.0456. The number of thiophene rings is 1. The molecule has 0 fully saturated rings. The Morgan fingerprint density at radius 3 is 2.11 bits per heavy atom. The van der Waals surface area contributed by atoms with E-state index in [0.29, 0.717) is 27.3 Å². The standard InChI is InChI=1S/C22H20N2O3S/c1-14(2)23-21(26)15-9-11-16(12-10-15)24-22(27)18-7-4-3-6-17(18)20(25)19-8-5-13-28-19/h3-14H,1-2H3,(H,23,26)(H,24,27). The number of hydrogen-bond donors (Lipinski definition) is 2. The number of amides is 2. The van der Waals surface area contributed by atoms with Gasteiger partial charge in [0.15, 0.2) is 0 Å². The lowest BCUT2D eigenvalue weighted by molar-refractivity contribution is 0.0942. The number of benzene rings is 2. The van der Waals surface area contributed by atoms with E-state index in [4.69, 9.17) is 0 Å². The molecule has 0 aliphatic heterocycles. The highest BCUT2D eigenvalue weighted by Crippen LogP contribution is 2.20. The summed E-state index contributed by atoms with van der Waals surface area (Å²) >= 11 is 1.34. The number of hydrogen-bond acceptors (Lipinski definition) is 4. The molecule has 0 unspecified atom stereocenters. The third kappa shape index (κ3) is 4.53. The SMILES string of the molecule is CC(C)NC(=O)c1ccc(NC(=O)c2ccccc2C(=O)c2cccs2)cc1. The van der Waals surface area contributed by atoms with Crippen LogP contribution in [0, 0.1) is 0 Å². The van der Waals surface area contributed by atoms with Crippen LogP contribution in [0.4, 0.5) is 5.69 Å². The van der Waals surface area contributed by atoms with Crippen LogP contribution >= 0.6 is 11.3 Å². The van der Waals surface area contributed by atoms with Crippen LogP contribution < -0.4 is 10.6 Å². The van der Waals surface area contributed by atoms with Gasteiger partial charge in [-0.15, -0.1) is 11.3 Å². The number of ketones is 1. The zero-order valence-electron chi connectivity index (χ0n) is 15.6. The molecule has 0 aliphatic carbocycles. The van der Waals surface area contributed by atoms with Gasteiger partial charge in [0.1, 0.15) is 0 Å². The minimum atomic E-state index is -0.375. The second-order valence-electron chi connectivity index (χ2n) is 6.51. The van der Waals surface area contributed by atoms with Crippen molar-refractivity contribution in [3.63, 3.8) is 0 Å². The van der Waals surface area contributed by atoms with E-state index in [1.54, 1.807) is 60.7 Å². The first-order valence-electron chi connectivity index (χ1n) is 8.85. The van der Waals surface area contributed by atoms with E-state index in [0.717, 1.165) is 0 Å². The minimum Gasteiger partial charge on any atom is -0.350 e. The third-order valence-corrected chi connectivity index (χ3v) is 4.85. The summed E-state index contributed by atoms with van der Waals surface area (Å²) in [5.74, 6) is -0.721. The fourth-order valence-electron chi connectivity index (χ4n) is 2.67. The van der Waals surface area contributed by atoms with Crippen LogP contribution in [0.2, 0.25) is 0 Å². The van der Waals surface area contributed by atoms with Crippen LogP contribution in [0.5, 0.6) is 0 Å². The van der Waals surface area contributed by atoms with Gasteiger partial charge < -0.3 is 10.6 Å². The van der Waals surface area contributed by atoms with Crippen LogP contribution in [-0.4, -0.2) is 23.6 Å². The topological polar surface area (TPSA) is 75.3 Å². The first-order chi connectivity index (χ1) is 13.5. The molecule has 1 heterocycles. The molecule has 2 aromatic carbocycles. The molecule has 3 aromatic rings. The van der Waals surface area contributed by atoms with Crippen molar-refractivity contribution in [3.05, 3.63) is 87.6 Å². The van der Waals surface area contributed by atoms with Crippen molar-refractivity contribution in [1.29, 1.82) is 0 Å². The predicted molar refractivity (Wildman–Crippen MR) is 111 cm³/mol. The molecule has 0 radical (unpaired) electrons. The molecule has 6 heteroatoms. The van der Waals surface area contributed by atoms with Crippen molar-refractivity contribution in [2.45, 2.75) is 19.9 Å². The molecule has 0 atom stereocenters. The maximum absolute atomic E-state index is 12.7. The van der Waals surface area contributed by atoms with Crippen LogP contribution in [0.3, 0.4) is 0 Å². The van der Waals surface area contributed by atoms with Gasteiger partial charge in [0.05, 0.1) is 10.4 Å². The van der Waals surface area contributed by atoms with Gasteiger partial charge in [-0.05, 0) is 55.6 Å². The van der Waals surface area contributed by atoms with Crippen molar-refractivity contribution < 1.29 is 14.4 Å². The first kappa shape index (κ1) is 19.5. The quantitative estimate of drug-likeness (QED) is 0.612. The fourth-order valence-corrected chi connectivity index (χ4v) is 3.35. The summed E-state index contributed by atoms with van der Waals surface area (Å²) in [5.41, 5.74) is 1.72. The van der Waals surface area contributed by atoms with Crippen LogP contribution in [0.25, 0.3) is 0 Å². The van der Waals surface area contributed by atoms with E-state index in [2.05, 4.69) is 10.6 Å². The highest BCUT2D eigenvalue weighted by Gasteiger charge is 2.19. The van der Waals surface area contributed by atoms with Gasteiger partial charge in [-0.3, -0.25) is 14.4 Å². The highest BCUT2D eigenvalue weighted by molar-refractivity contribution is 7.12. The van der Waals surface area contributed by atoms with Crippen LogP contribution in [0.15, 0.2) is 66.0 Å². The largest absolute Gasteiger partial charge is 0.350 e. The average Bonchev–Trinajstić information content (AvgIpc) is 3.22. The fraction of sp³-hybridized carbons (Fsp3) is 0.136. The molecule has 0 spiro atoms. The van der Waals surface area contributed by atoms with Gasteiger partial charge in [-0.25, -0.2) is 0 Å². The summed E-state index contributed by atoms with van der Waals surface area (Å²) < 4.78 is 0. The van der Waals surface area contributed by atoms with E-state index in [1.807, 2.05) is 19.2 Å². The Hall–Kier alpha value is -3.25. The second kappa shape index (κ2) is 8.63. The molecule has 142 valence electrons. The van der Waals surface area contributed by atoms with Crippen molar-refractivity contribution >= 4 is 34.6 Å². The molecule has 5 nitrogen and oxygen atoms in total. The Morgan fingerprint density at radius 2 is 1.50 bits per heavy atom. The molecule has 0 saturated carbocycles. The van der Waals surface area contributed by atoms with E-state index < -0.39 is 0 Å². The summed E-state index contributed by atoms with van der Waals surface area (Å²) in [5, 5.41) is 7.43. The molecule has 2 N–H and O–H groups in total. The van der Waals surface area contributed by atoms with E-state index in [1.165, 1.54) is 11.3 Å². The molecular weight excluding hydrogens is 372 g/mol. The summed E-state index contributed by atoms with van der Waals surface area (Å²) in [6.07, 6.45) is 0. The van der Waals surface area contributed by atoms with Crippen molar-refractivity contribution in [1.82, 2.24) is 5.32 Å². The van der Waals surface area contributed by atoms with Crippen molar-refractivity contribution in [2.75, 3.05) is 5.32 Å². The zero-order valence-corrected chi connectivity index (χ0v) is 16.4. The molecule has 0 saturated heterocycles. The van der Waals surface area contributed by atoms with Crippen molar-refractivity contribution in [2.24, 2.45) is 0 Å². The molecule has 1 aromatic heterocycles. The first-order valence-corrected chi connectivity index (χ1v) is 9.73. The Bertz CT molecular complexity index is 993. The molecular formula is C22H20N2O3S. The third-order valence-electron chi connectivity index (χ3n) is 3.99. The molecule has 28 heavy (non-hydrogen) atoms. The van der Waals surface area contributed by atoms with Gasteiger partial charge in [0, 0.05) is 22.9 Å². The Morgan fingerprint density at radius 1 is 0.821 bits per heavy atom. The van der Waals surface area contributed by atoms with Gasteiger partial charge in [-0.1, -0.05) is 24.3 Å². The van der Waals surface area contributed by atoms with Gasteiger partial charge in [0.25, 0.3) is 11.8 Å². The predicted octanol–water partition coefficient (Wildman–Crippen LogP) is 4.37. The average molecular weight is 392 g/mol. The second-order valence-corrected chi connectivity index (χ2v) is 7.46. The lowest BCUT2D eigenvalue weighted by atomic mass is 10.0. The molecule has 3 rings (SSSR count). The number of carbonyl (C=O) groups is 3. The lowest BCUT2D eigenvalue weighted by Gasteiger charge is -2.11. The maximum Gasteiger partial charge on any atom is 0.256 e. The molecule has 0 bridgehead atoms. The highest BCUT2D eigenvalue weighted by atomic mass is 32.1. The van der Waals surface area contributed by atoms with Gasteiger partial charge in [0.2, 0.25) is 5.78 Å². The van der Waals surface area contributed by atoms with E-state index >= 15 is 0 Å². The Kier molecular flexibility index (Phi) is 6.01. The number of rotatable bonds is 6. The monoisotopic (exact) mass is 392 g/mol. The maximum atomic E-state index is 12.7. The number of nitrogens with one attached hydrogen (secondary N) is 2. The Balaban J connectivity index is 1.77. The summed E-state index contributed by atoms with van der Waals surface area (Å²) in [4.78, 5) is 38.0. The number of carbonyl (C=O) groups excluding carboxylic acids is 3. The van der Waals surface area contributed by atoms with E-state index in [-0.39, 0.29) is 23.6 Å². The normalized spacial score (nSPS) is 10.5. The summed E-state index contributed by atoms with van der Waals surface area (Å²) in [6.45, 7) is 3.78. The van der Waals surface area contributed by atoms with Crippen molar-refractivity contribution in [3.8, 4) is 0 Å². The summed E-state index contributed by atoms with van der Waals surface area (Å²) in [7, 11) is 0. The van der Waals surface area contributed by atoms with Crippen LogP contribution in [-0.2, 0) is 0 Å². The zero-order chi connectivity index (χ0) is 20.1. The lowest BCUT2D eigenvalue weighted by Crippen LogP contribution is -2.30. The van der Waals surface area contributed by atoms with Gasteiger partial charge >= 0.3 is 0 Å². The summed E-state index contributed by atoms with van der Waals surface area (Å²) in [6, 6.07) is 16.9. The Labute approximate surface area is 167 Å². The molecule has 0 aliphatic rings. The smallest absolute Gasteiger partial charge is 0.256 e. The number of anilines is 1. The van der Waals surface area contributed by atoms with E-state index in [9.17, 15) is 14.4 Å².